The van der Waals surface area contributed by atoms with Gasteiger partial charge >= 0.3 is 0 Å². The Morgan fingerprint density at radius 3 is 2.87 bits per heavy atom. The van der Waals surface area contributed by atoms with Gasteiger partial charge in [-0.15, -0.1) is 10.2 Å². The number of aryl methyl sites for hydroxylation is 1. The molecule has 1 atom stereocenters. The van der Waals surface area contributed by atoms with Gasteiger partial charge in [-0.1, -0.05) is 6.42 Å². The minimum absolute atomic E-state index is 0.340. The van der Waals surface area contributed by atoms with E-state index in [1.165, 1.54) is 31.9 Å². The third-order valence-corrected chi connectivity index (χ3v) is 5.51. The molecule has 2 aliphatic rings. The Bertz CT molecular complexity index is 628. The molecule has 0 bridgehead atoms. The zero-order chi connectivity index (χ0) is 16.3. The fraction of sp³-hybridized carbons (Fsp3) is 0.867. The third-order valence-electron chi connectivity index (χ3n) is 4.79. The van der Waals surface area contributed by atoms with Crippen LogP contribution in [0, 0.1) is 0 Å². The molecular formula is C15H27N5O2S. The molecule has 0 aliphatic carbocycles. The molecule has 1 fully saturated rings. The van der Waals surface area contributed by atoms with Crippen molar-refractivity contribution >= 4 is 10.0 Å². The molecule has 0 amide bonds. The number of nitrogens with one attached hydrogen (secondary N) is 1. The highest BCUT2D eigenvalue weighted by Gasteiger charge is 2.30. The van der Waals surface area contributed by atoms with Crippen molar-refractivity contribution in [3.8, 4) is 0 Å². The highest BCUT2D eigenvalue weighted by molar-refractivity contribution is 7.88. The fourth-order valence-corrected chi connectivity index (χ4v) is 4.20. The molecular weight excluding hydrogens is 314 g/mol. The van der Waals surface area contributed by atoms with Crippen LogP contribution in [0.25, 0.3) is 0 Å². The average molecular weight is 341 g/mol. The summed E-state index contributed by atoms with van der Waals surface area (Å²) < 4.78 is 27.2. The molecule has 0 spiro atoms. The second-order valence-electron chi connectivity index (χ2n) is 6.65. The lowest BCUT2D eigenvalue weighted by atomic mass is 10.2. The molecule has 23 heavy (non-hydrogen) atoms. The van der Waals surface area contributed by atoms with Crippen molar-refractivity contribution in [3.05, 3.63) is 11.6 Å². The molecule has 1 saturated heterocycles. The summed E-state index contributed by atoms with van der Waals surface area (Å²) in [4.78, 5) is 2.44. The maximum atomic E-state index is 11.1. The molecule has 1 aromatic rings. The summed E-state index contributed by atoms with van der Waals surface area (Å²) in [7, 11) is -3.09. The molecule has 130 valence electrons. The van der Waals surface area contributed by atoms with Crippen LogP contribution in [0.2, 0.25) is 0 Å². The fourth-order valence-electron chi connectivity index (χ4n) is 3.68. The summed E-state index contributed by atoms with van der Waals surface area (Å²) in [6.07, 6.45) is 9.06. The van der Waals surface area contributed by atoms with Gasteiger partial charge in [-0.2, -0.15) is 0 Å². The number of aromatic nitrogens is 3. The summed E-state index contributed by atoms with van der Waals surface area (Å²) in [6, 6.07) is 0.340. The van der Waals surface area contributed by atoms with Crippen LogP contribution in [0.1, 0.15) is 56.2 Å². The minimum atomic E-state index is -3.09. The summed E-state index contributed by atoms with van der Waals surface area (Å²) in [5, 5.41) is 8.92. The van der Waals surface area contributed by atoms with Crippen LogP contribution in [0.15, 0.2) is 0 Å². The van der Waals surface area contributed by atoms with Gasteiger partial charge in [0.15, 0.2) is 0 Å². The summed E-state index contributed by atoms with van der Waals surface area (Å²) in [5.41, 5.74) is 0. The topological polar surface area (TPSA) is 80.1 Å². The number of rotatable bonds is 6. The van der Waals surface area contributed by atoms with Gasteiger partial charge in [0.05, 0.1) is 12.3 Å². The number of hydrogen-bond donors (Lipinski definition) is 1. The van der Waals surface area contributed by atoms with Crippen LogP contribution in [-0.4, -0.2) is 54.0 Å². The van der Waals surface area contributed by atoms with Crippen molar-refractivity contribution in [1.82, 2.24) is 24.4 Å². The van der Waals surface area contributed by atoms with Crippen LogP contribution >= 0.6 is 0 Å². The SMILES string of the molecule is CS(=O)(=O)NCCCN1CCCC1c1nnc2n1CCCCC2. The number of nitrogens with zero attached hydrogens (tertiary/aromatic N) is 4. The summed E-state index contributed by atoms with van der Waals surface area (Å²) in [6.45, 7) is 3.50. The number of sulfonamides is 1. The summed E-state index contributed by atoms with van der Waals surface area (Å²) in [5.74, 6) is 2.26. The van der Waals surface area contributed by atoms with Gasteiger partial charge in [-0.3, -0.25) is 4.90 Å². The van der Waals surface area contributed by atoms with E-state index in [-0.39, 0.29) is 0 Å². The van der Waals surface area contributed by atoms with E-state index in [1.807, 2.05) is 0 Å². The Hall–Kier alpha value is -0.990. The molecule has 0 saturated carbocycles. The van der Waals surface area contributed by atoms with Gasteiger partial charge in [-0.05, 0) is 38.6 Å². The molecule has 1 N–H and O–H groups in total. The Morgan fingerprint density at radius 1 is 1.17 bits per heavy atom. The summed E-state index contributed by atoms with van der Waals surface area (Å²) >= 11 is 0. The minimum Gasteiger partial charge on any atom is -0.314 e. The first kappa shape index (κ1) is 16.9. The first-order chi connectivity index (χ1) is 11.0. The maximum absolute atomic E-state index is 11.1. The van der Waals surface area contributed by atoms with Crippen LogP contribution in [0.4, 0.5) is 0 Å². The molecule has 1 aromatic heterocycles. The Kier molecular flexibility index (Phi) is 5.33. The van der Waals surface area contributed by atoms with E-state index in [1.54, 1.807) is 0 Å². The largest absolute Gasteiger partial charge is 0.314 e. The number of likely N-dealkylation sites (tertiary alicyclic amines) is 1. The van der Waals surface area contributed by atoms with Crippen LogP contribution in [0.3, 0.4) is 0 Å². The number of hydrogen-bond acceptors (Lipinski definition) is 5. The highest BCUT2D eigenvalue weighted by Crippen LogP contribution is 2.32. The van der Waals surface area contributed by atoms with Gasteiger partial charge < -0.3 is 4.57 Å². The predicted octanol–water partition coefficient (Wildman–Crippen LogP) is 1.08. The Balaban J connectivity index is 1.62. The van der Waals surface area contributed by atoms with Crippen molar-refractivity contribution < 1.29 is 8.42 Å². The molecule has 2 aliphatic heterocycles. The zero-order valence-corrected chi connectivity index (χ0v) is 14.7. The van der Waals surface area contributed by atoms with Gasteiger partial charge in [0.1, 0.15) is 11.6 Å². The van der Waals surface area contributed by atoms with E-state index < -0.39 is 10.0 Å². The molecule has 7 nitrogen and oxygen atoms in total. The van der Waals surface area contributed by atoms with E-state index in [2.05, 4.69) is 24.4 Å². The van der Waals surface area contributed by atoms with E-state index >= 15 is 0 Å². The van der Waals surface area contributed by atoms with Crippen LogP contribution < -0.4 is 4.72 Å². The van der Waals surface area contributed by atoms with Gasteiger partial charge in [-0.25, -0.2) is 13.1 Å². The second kappa shape index (κ2) is 7.27. The standard InChI is InChI=1S/C15H27N5O2S/c1-23(21,22)16-9-6-11-19-10-5-7-13(19)15-18-17-14-8-3-2-4-12-20(14)15/h13,16H,2-12H2,1H3. The quantitative estimate of drug-likeness (QED) is 0.783. The van der Waals surface area contributed by atoms with Crippen LogP contribution in [0.5, 0.6) is 0 Å². The number of fused-ring (bicyclic) bond motifs is 1. The normalized spacial score (nSPS) is 22.9. The Labute approximate surface area is 138 Å². The lowest BCUT2D eigenvalue weighted by Gasteiger charge is -2.24. The molecule has 1 unspecified atom stereocenters. The van der Waals surface area contributed by atoms with E-state index in [0.29, 0.717) is 12.6 Å². The van der Waals surface area contributed by atoms with Crippen molar-refractivity contribution in [2.24, 2.45) is 0 Å². The molecule has 0 aromatic carbocycles. The van der Waals surface area contributed by atoms with E-state index in [9.17, 15) is 8.42 Å². The lowest BCUT2D eigenvalue weighted by Crippen LogP contribution is -2.30. The predicted molar refractivity (Wildman–Crippen MR) is 88.6 cm³/mol. The molecule has 3 rings (SSSR count). The first-order valence-electron chi connectivity index (χ1n) is 8.65. The second-order valence-corrected chi connectivity index (χ2v) is 8.48. The smallest absolute Gasteiger partial charge is 0.208 e. The third kappa shape index (κ3) is 4.30. The monoisotopic (exact) mass is 341 g/mol. The lowest BCUT2D eigenvalue weighted by molar-refractivity contribution is 0.240. The maximum Gasteiger partial charge on any atom is 0.208 e. The van der Waals surface area contributed by atoms with Crippen molar-refractivity contribution in [2.45, 2.75) is 57.5 Å². The highest BCUT2D eigenvalue weighted by atomic mass is 32.2. The molecule has 3 heterocycles. The van der Waals surface area contributed by atoms with Gasteiger partial charge in [0.2, 0.25) is 10.0 Å². The Morgan fingerprint density at radius 2 is 2.04 bits per heavy atom. The first-order valence-corrected chi connectivity index (χ1v) is 10.5. The van der Waals surface area contributed by atoms with Crippen molar-refractivity contribution in [1.29, 1.82) is 0 Å². The van der Waals surface area contributed by atoms with Gasteiger partial charge in [0, 0.05) is 26.1 Å². The van der Waals surface area contributed by atoms with Crippen molar-refractivity contribution in [3.63, 3.8) is 0 Å². The molecule has 8 heteroatoms. The average Bonchev–Trinajstić information content (AvgIpc) is 3.03. The zero-order valence-electron chi connectivity index (χ0n) is 13.9. The van der Waals surface area contributed by atoms with E-state index in [0.717, 1.165) is 50.5 Å². The van der Waals surface area contributed by atoms with Crippen LogP contribution in [-0.2, 0) is 23.0 Å². The van der Waals surface area contributed by atoms with Crippen molar-refractivity contribution in [2.75, 3.05) is 25.9 Å². The van der Waals surface area contributed by atoms with E-state index in [4.69, 9.17) is 0 Å². The van der Waals surface area contributed by atoms with Gasteiger partial charge in [0.25, 0.3) is 0 Å². The molecule has 0 radical (unpaired) electrons.